The lowest BCUT2D eigenvalue weighted by atomic mass is 9.85. The maximum atomic E-state index is 2.68. The van der Waals surface area contributed by atoms with Gasteiger partial charge < -0.3 is 14.2 Å². The van der Waals surface area contributed by atoms with E-state index in [0.717, 1.165) is 11.4 Å². The molecule has 3 heterocycles. The summed E-state index contributed by atoms with van der Waals surface area (Å²) in [5.74, 6) is 0. The molecule has 0 saturated carbocycles. The van der Waals surface area contributed by atoms with Crippen LogP contribution in [0.1, 0.15) is 68.1 Å². The summed E-state index contributed by atoms with van der Waals surface area (Å²) in [4.78, 5) is 6.19. The minimum absolute atomic E-state index is 0.0234. The van der Waals surface area contributed by atoms with Crippen molar-refractivity contribution in [3.8, 4) is 11.1 Å². The van der Waals surface area contributed by atoms with Gasteiger partial charge in [-0.25, -0.2) is 0 Å². The summed E-state index contributed by atoms with van der Waals surface area (Å²) in [6.07, 6.45) is 0. The minimum Gasteiger partial charge on any atom is -0.310 e. The van der Waals surface area contributed by atoms with Crippen LogP contribution in [0.25, 0.3) is 47.7 Å². The van der Waals surface area contributed by atoms with Gasteiger partial charge in [-0.2, -0.15) is 0 Å². The van der Waals surface area contributed by atoms with Crippen LogP contribution in [0.3, 0.4) is 0 Å². The molecule has 1 aliphatic carbocycles. The fourth-order valence-corrected chi connectivity index (χ4v) is 12.8. The molecule has 0 amide bonds. The minimum atomic E-state index is -1.45. The first-order valence-corrected chi connectivity index (χ1v) is 27.2. The normalized spacial score (nSPS) is 13.7. The number of hydrogen-bond acceptors (Lipinski definition) is 3. The lowest BCUT2D eigenvalue weighted by Gasteiger charge is -2.28. The highest BCUT2D eigenvalue weighted by Crippen LogP contribution is 2.58. The Morgan fingerprint density at radius 2 is 1.00 bits per heavy atom. The number of fused-ring (bicyclic) bond motifs is 10. The van der Waals surface area contributed by atoms with E-state index in [0.29, 0.717) is 0 Å². The van der Waals surface area contributed by atoms with Gasteiger partial charge in [-0.1, -0.05) is 137 Å². The van der Waals surface area contributed by atoms with E-state index in [1.54, 1.807) is 0 Å². The van der Waals surface area contributed by atoms with Gasteiger partial charge in [0.25, 0.3) is 0 Å². The van der Waals surface area contributed by atoms with Crippen LogP contribution < -0.4 is 15.0 Å². The van der Waals surface area contributed by atoms with E-state index >= 15 is 0 Å². The first-order valence-electron chi connectivity index (χ1n) is 22.8. The second-order valence-electron chi connectivity index (χ2n) is 21.0. The molecular formula is C59H57N3SSi. The molecule has 3 nitrogen and oxygen atoms in total. The number of rotatable bonds is 7. The molecule has 0 radical (unpaired) electrons. The average Bonchev–Trinajstić information content (AvgIpc) is 3.96. The molecule has 10 aromatic rings. The summed E-state index contributed by atoms with van der Waals surface area (Å²) >= 11 is 1.95. The first kappa shape index (κ1) is 40.6. The summed E-state index contributed by atoms with van der Waals surface area (Å²) in [5, 5.41) is 6.90. The van der Waals surface area contributed by atoms with Gasteiger partial charge in [-0.05, 0) is 128 Å². The van der Waals surface area contributed by atoms with Gasteiger partial charge in [-0.15, -0.1) is 11.3 Å². The van der Waals surface area contributed by atoms with Crippen LogP contribution >= 0.6 is 11.3 Å². The molecule has 0 fully saturated rings. The fourth-order valence-electron chi connectivity index (χ4n) is 10.4. The third kappa shape index (κ3) is 6.26. The highest BCUT2D eigenvalue weighted by molar-refractivity contribution is 7.25. The third-order valence-corrected chi connectivity index (χ3v) is 17.2. The van der Waals surface area contributed by atoms with Crippen molar-refractivity contribution in [2.75, 3.05) is 9.80 Å². The molecule has 1 aliphatic rings. The zero-order chi connectivity index (χ0) is 44.6. The smallest absolute Gasteiger partial charge is 0.109 e. The van der Waals surface area contributed by atoms with Crippen LogP contribution in [0.5, 0.6) is 0 Å². The SMILES string of the molecule is Cc1ccc(N(c2ccc(C)cc2)c2ccc3c(c2)C(C)(C)c2c-3c3cc(C(C)(C)C)cc4c5c6ccc(N(c7ccc(C)cc7)c7ccc([Si](C)(C)C)cc7)cc6sc5n2c34)cc1. The quantitative estimate of drug-likeness (QED) is 0.148. The number of hydrogen-bond donors (Lipinski definition) is 0. The fraction of sp³-hybridized carbons (Fsp3) is 0.220. The highest BCUT2D eigenvalue weighted by atomic mass is 32.1. The van der Waals surface area contributed by atoms with E-state index in [1.807, 2.05) is 11.3 Å². The molecule has 0 atom stereocenters. The summed E-state index contributed by atoms with van der Waals surface area (Å²) in [6, 6.07) is 55.6. The molecule has 0 spiro atoms. The zero-order valence-electron chi connectivity index (χ0n) is 39.1. The molecule has 5 heteroatoms. The number of thiophene rings is 1. The van der Waals surface area contributed by atoms with Crippen LogP contribution in [-0.2, 0) is 10.8 Å². The number of benzene rings is 7. The number of aromatic nitrogens is 1. The van der Waals surface area contributed by atoms with Crippen molar-refractivity contribution in [1.82, 2.24) is 4.40 Å². The number of anilines is 6. The van der Waals surface area contributed by atoms with E-state index in [1.165, 1.54) is 109 Å². The molecular weight excluding hydrogens is 811 g/mol. The van der Waals surface area contributed by atoms with Crippen LogP contribution in [0.15, 0.2) is 146 Å². The van der Waals surface area contributed by atoms with Crippen molar-refractivity contribution in [3.63, 3.8) is 0 Å². The Morgan fingerprint density at radius 1 is 0.531 bits per heavy atom. The zero-order valence-corrected chi connectivity index (χ0v) is 40.9. The third-order valence-electron chi connectivity index (χ3n) is 14.0. The maximum absolute atomic E-state index is 2.68. The van der Waals surface area contributed by atoms with Crippen molar-refractivity contribution in [3.05, 3.63) is 179 Å². The average molecular weight is 868 g/mol. The molecule has 0 saturated heterocycles. The Kier molecular flexibility index (Phi) is 9.00. The standard InChI is InChI=1S/C59H57N3SSi/c1-36-12-18-40(19-13-36)60(41-20-14-37(2)15-21-41)44-26-30-47-51(34-44)59(7,8)56-53(47)49-32-39(58(4,5)6)33-50-54-48-31-27-45(35-52(48)63-57(54)62(56)55(49)50)61(42-22-16-38(3)17-23-42)43-24-28-46(29-25-43)64(9,10)11/h12-35H,1-11H3. The molecule has 318 valence electrons. The topological polar surface area (TPSA) is 10.9 Å². The van der Waals surface area contributed by atoms with Gasteiger partial charge in [-0.3, -0.25) is 0 Å². The molecule has 0 unspecified atom stereocenters. The number of aryl methyl sites for hydroxylation is 3. The van der Waals surface area contributed by atoms with E-state index in [4.69, 9.17) is 0 Å². The Hall–Kier alpha value is -6.14. The van der Waals surface area contributed by atoms with Gasteiger partial charge in [0.2, 0.25) is 0 Å². The van der Waals surface area contributed by atoms with Gasteiger partial charge >= 0.3 is 0 Å². The van der Waals surface area contributed by atoms with Crippen LogP contribution in [0.2, 0.25) is 19.6 Å². The molecule has 64 heavy (non-hydrogen) atoms. The Labute approximate surface area is 383 Å². The van der Waals surface area contributed by atoms with Crippen LogP contribution in [0, 0.1) is 20.8 Å². The van der Waals surface area contributed by atoms with Gasteiger partial charge in [0.05, 0.1) is 13.6 Å². The largest absolute Gasteiger partial charge is 0.310 e. The summed E-state index contributed by atoms with van der Waals surface area (Å²) in [7, 11) is -1.45. The Balaban J connectivity index is 1.12. The lowest BCUT2D eigenvalue weighted by Crippen LogP contribution is -2.37. The van der Waals surface area contributed by atoms with Gasteiger partial charge in [0, 0.05) is 77.0 Å². The lowest BCUT2D eigenvalue weighted by molar-refractivity contribution is 0.592. The molecule has 0 bridgehead atoms. The molecule has 0 aliphatic heterocycles. The summed E-state index contributed by atoms with van der Waals surface area (Å²) in [6.45, 7) is 25.7. The summed E-state index contributed by atoms with van der Waals surface area (Å²) in [5.41, 5.74) is 18.8. The second-order valence-corrected chi connectivity index (χ2v) is 27.1. The van der Waals surface area contributed by atoms with Gasteiger partial charge in [0.1, 0.15) is 4.83 Å². The molecule has 11 rings (SSSR count). The van der Waals surface area contributed by atoms with E-state index < -0.39 is 8.07 Å². The monoisotopic (exact) mass is 867 g/mol. The predicted octanol–water partition coefficient (Wildman–Crippen LogP) is 16.9. The van der Waals surface area contributed by atoms with E-state index in [-0.39, 0.29) is 10.8 Å². The molecule has 3 aromatic heterocycles. The van der Waals surface area contributed by atoms with Crippen molar-refractivity contribution in [2.24, 2.45) is 0 Å². The molecule has 7 aromatic carbocycles. The maximum Gasteiger partial charge on any atom is 0.109 e. The van der Waals surface area contributed by atoms with Crippen molar-refractivity contribution in [1.29, 1.82) is 0 Å². The Bertz CT molecular complexity index is 3380. The second kappa shape index (κ2) is 14.2. The van der Waals surface area contributed by atoms with E-state index in [2.05, 4.69) is 235 Å². The number of nitrogens with zero attached hydrogens (tertiary/aromatic N) is 3. The van der Waals surface area contributed by atoms with Crippen LogP contribution in [0.4, 0.5) is 34.1 Å². The first-order chi connectivity index (χ1) is 30.5. The molecule has 0 N–H and O–H groups in total. The predicted molar refractivity (Wildman–Crippen MR) is 282 cm³/mol. The van der Waals surface area contributed by atoms with E-state index in [9.17, 15) is 0 Å². The highest BCUT2D eigenvalue weighted by Gasteiger charge is 2.42. The van der Waals surface area contributed by atoms with Crippen LogP contribution in [-0.4, -0.2) is 12.5 Å². The Morgan fingerprint density at radius 3 is 1.52 bits per heavy atom. The van der Waals surface area contributed by atoms with Gasteiger partial charge in [0.15, 0.2) is 0 Å². The van der Waals surface area contributed by atoms with Crippen molar-refractivity contribution in [2.45, 2.75) is 85.9 Å². The van der Waals surface area contributed by atoms with Crippen molar-refractivity contribution < 1.29 is 0 Å². The van der Waals surface area contributed by atoms with Crippen molar-refractivity contribution >= 4 is 95.3 Å². The summed E-state index contributed by atoms with van der Waals surface area (Å²) < 4.78 is 3.99.